The maximum atomic E-state index is 12.2. The van der Waals surface area contributed by atoms with E-state index in [0.717, 1.165) is 0 Å². The molecule has 1 aromatic carbocycles. The summed E-state index contributed by atoms with van der Waals surface area (Å²) >= 11 is 0. The number of hydrogen-bond donors (Lipinski definition) is 1. The number of methoxy groups -OCH3 is 2. The zero-order valence-corrected chi connectivity index (χ0v) is 12.9. The van der Waals surface area contributed by atoms with Crippen molar-refractivity contribution in [2.45, 2.75) is 13.5 Å². The number of amides is 2. The number of carbonyl (C=O) groups excluding carboxylic acids is 1. The molecule has 0 aliphatic heterocycles. The number of aromatic nitrogens is 2. The highest BCUT2D eigenvalue weighted by molar-refractivity contribution is 5.91. The van der Waals surface area contributed by atoms with Gasteiger partial charge in [0, 0.05) is 20.0 Å². The number of anilines is 1. The lowest BCUT2D eigenvalue weighted by molar-refractivity contribution is 0.215. The Labute approximate surface area is 128 Å². The number of hydrogen-bond acceptors (Lipinski definition) is 6. The molecule has 1 N–H and O–H groups in total. The van der Waals surface area contributed by atoms with Gasteiger partial charge in [0.1, 0.15) is 18.0 Å². The summed E-state index contributed by atoms with van der Waals surface area (Å²) in [6.07, 6.45) is 0. The lowest BCUT2D eigenvalue weighted by atomic mass is 10.2. The van der Waals surface area contributed by atoms with Gasteiger partial charge in [-0.25, -0.2) is 4.79 Å². The predicted molar refractivity (Wildman–Crippen MR) is 79.1 cm³/mol. The van der Waals surface area contributed by atoms with Crippen molar-refractivity contribution in [2.24, 2.45) is 0 Å². The minimum atomic E-state index is -0.331. The van der Waals surface area contributed by atoms with Crippen molar-refractivity contribution in [1.29, 1.82) is 0 Å². The third-order valence-corrected chi connectivity index (χ3v) is 2.94. The van der Waals surface area contributed by atoms with Crippen LogP contribution in [0.4, 0.5) is 10.5 Å². The normalized spacial score (nSPS) is 10.2. The van der Waals surface area contributed by atoms with Crippen LogP contribution in [0.3, 0.4) is 0 Å². The van der Waals surface area contributed by atoms with Gasteiger partial charge in [0.15, 0.2) is 0 Å². The molecule has 0 aliphatic rings. The molecular weight excluding hydrogens is 288 g/mol. The molecule has 1 aromatic heterocycles. The summed E-state index contributed by atoms with van der Waals surface area (Å²) in [7, 11) is 4.71. The average molecular weight is 306 g/mol. The molecular formula is C14H18N4O4. The number of nitrogens with one attached hydrogen (secondary N) is 1. The van der Waals surface area contributed by atoms with Gasteiger partial charge in [0.2, 0.25) is 11.8 Å². The van der Waals surface area contributed by atoms with Crippen molar-refractivity contribution >= 4 is 11.7 Å². The van der Waals surface area contributed by atoms with Crippen molar-refractivity contribution in [3.05, 3.63) is 30.0 Å². The Morgan fingerprint density at radius 2 is 2.09 bits per heavy atom. The molecule has 2 amide bonds. The number of benzene rings is 1. The van der Waals surface area contributed by atoms with Crippen LogP contribution in [0.15, 0.2) is 22.6 Å². The molecule has 22 heavy (non-hydrogen) atoms. The van der Waals surface area contributed by atoms with E-state index in [-0.39, 0.29) is 12.6 Å². The summed E-state index contributed by atoms with van der Waals surface area (Å²) in [4.78, 5) is 13.6. The number of carbonyl (C=O) groups is 1. The van der Waals surface area contributed by atoms with E-state index in [1.165, 1.54) is 12.0 Å². The lowest BCUT2D eigenvalue weighted by Crippen LogP contribution is -2.31. The number of ether oxygens (including phenoxy) is 2. The van der Waals surface area contributed by atoms with Crippen LogP contribution >= 0.6 is 0 Å². The molecule has 118 valence electrons. The number of nitrogens with zero attached hydrogens (tertiary/aromatic N) is 3. The topological polar surface area (TPSA) is 89.7 Å². The van der Waals surface area contributed by atoms with Gasteiger partial charge in [0.05, 0.1) is 19.9 Å². The predicted octanol–water partition coefficient (Wildman–Crippen LogP) is 2.06. The van der Waals surface area contributed by atoms with Crippen LogP contribution in [0.1, 0.15) is 11.8 Å². The van der Waals surface area contributed by atoms with Crippen molar-refractivity contribution in [1.82, 2.24) is 15.1 Å². The molecule has 0 radical (unpaired) electrons. The zero-order valence-electron chi connectivity index (χ0n) is 12.9. The summed E-state index contributed by atoms with van der Waals surface area (Å²) < 4.78 is 15.6. The number of urea groups is 1. The number of rotatable bonds is 5. The molecule has 0 unspecified atom stereocenters. The molecule has 0 atom stereocenters. The highest BCUT2D eigenvalue weighted by Gasteiger charge is 2.15. The van der Waals surface area contributed by atoms with Gasteiger partial charge < -0.3 is 24.1 Å². The second-order valence-corrected chi connectivity index (χ2v) is 4.57. The van der Waals surface area contributed by atoms with Gasteiger partial charge >= 0.3 is 6.03 Å². The smallest absolute Gasteiger partial charge is 0.322 e. The minimum absolute atomic E-state index is 0.207. The fraction of sp³-hybridized carbons (Fsp3) is 0.357. The molecule has 0 saturated carbocycles. The van der Waals surface area contributed by atoms with Crippen molar-refractivity contribution < 1.29 is 18.7 Å². The Morgan fingerprint density at radius 1 is 1.32 bits per heavy atom. The zero-order chi connectivity index (χ0) is 16.1. The van der Waals surface area contributed by atoms with Gasteiger partial charge in [-0.05, 0) is 12.1 Å². The van der Waals surface area contributed by atoms with Crippen molar-refractivity contribution in [2.75, 3.05) is 26.6 Å². The van der Waals surface area contributed by atoms with E-state index in [2.05, 4.69) is 15.5 Å². The quantitative estimate of drug-likeness (QED) is 0.909. The highest BCUT2D eigenvalue weighted by atomic mass is 16.5. The van der Waals surface area contributed by atoms with E-state index in [4.69, 9.17) is 13.9 Å². The van der Waals surface area contributed by atoms with Crippen molar-refractivity contribution in [3.63, 3.8) is 0 Å². The highest BCUT2D eigenvalue weighted by Crippen LogP contribution is 2.29. The fourth-order valence-electron chi connectivity index (χ4n) is 1.80. The lowest BCUT2D eigenvalue weighted by Gasteiger charge is -2.17. The molecule has 0 saturated heterocycles. The van der Waals surface area contributed by atoms with E-state index in [9.17, 15) is 4.79 Å². The molecule has 1 heterocycles. The van der Waals surface area contributed by atoms with Gasteiger partial charge in [-0.2, -0.15) is 0 Å². The molecule has 0 bridgehead atoms. The molecule has 8 heteroatoms. The molecule has 2 aromatic rings. The van der Waals surface area contributed by atoms with Crippen LogP contribution in [-0.4, -0.2) is 42.4 Å². The maximum Gasteiger partial charge on any atom is 0.322 e. The second-order valence-electron chi connectivity index (χ2n) is 4.57. The van der Waals surface area contributed by atoms with E-state index >= 15 is 0 Å². The van der Waals surface area contributed by atoms with Crippen LogP contribution in [-0.2, 0) is 6.54 Å². The Hall–Kier alpha value is -2.77. The first-order chi connectivity index (χ1) is 10.5. The molecule has 2 rings (SSSR count). The van der Waals surface area contributed by atoms with Crippen LogP contribution in [0.2, 0.25) is 0 Å². The van der Waals surface area contributed by atoms with Gasteiger partial charge in [-0.3, -0.25) is 0 Å². The Balaban J connectivity index is 2.07. The molecule has 8 nitrogen and oxygen atoms in total. The van der Waals surface area contributed by atoms with Gasteiger partial charge in [-0.1, -0.05) is 0 Å². The first-order valence-corrected chi connectivity index (χ1v) is 6.56. The first kappa shape index (κ1) is 15.6. The van der Waals surface area contributed by atoms with E-state index < -0.39 is 0 Å². The summed E-state index contributed by atoms with van der Waals surface area (Å²) in [5, 5.41) is 10.3. The summed E-state index contributed by atoms with van der Waals surface area (Å²) in [6.45, 7) is 1.90. The summed E-state index contributed by atoms with van der Waals surface area (Å²) in [5.41, 5.74) is 0.514. The third-order valence-electron chi connectivity index (χ3n) is 2.94. The third kappa shape index (κ3) is 3.66. The average Bonchev–Trinajstić information content (AvgIpc) is 2.92. The SMILES string of the molecule is COc1ccc(OC)c(NC(=O)N(C)Cc2nnc(C)o2)c1. The van der Waals surface area contributed by atoms with Gasteiger partial charge in [0.25, 0.3) is 0 Å². The van der Waals surface area contributed by atoms with Crippen LogP contribution < -0.4 is 14.8 Å². The minimum Gasteiger partial charge on any atom is -0.497 e. The second kappa shape index (κ2) is 6.79. The van der Waals surface area contributed by atoms with Gasteiger partial charge in [-0.15, -0.1) is 10.2 Å². The maximum absolute atomic E-state index is 12.2. The summed E-state index contributed by atoms with van der Waals surface area (Å²) in [6, 6.07) is 4.82. The standard InChI is InChI=1S/C14H18N4O4/c1-9-16-17-13(22-9)8-18(2)14(19)15-11-7-10(20-3)5-6-12(11)21-4/h5-7H,8H2,1-4H3,(H,15,19). The first-order valence-electron chi connectivity index (χ1n) is 6.56. The Morgan fingerprint density at radius 3 is 2.68 bits per heavy atom. The Kier molecular flexibility index (Phi) is 4.82. The van der Waals surface area contributed by atoms with Crippen LogP contribution in [0.25, 0.3) is 0 Å². The van der Waals surface area contributed by atoms with E-state index in [0.29, 0.717) is 29.0 Å². The molecule has 0 fully saturated rings. The molecule has 0 aliphatic carbocycles. The monoisotopic (exact) mass is 306 g/mol. The van der Waals surface area contributed by atoms with E-state index in [1.807, 2.05) is 0 Å². The Bertz CT molecular complexity index is 656. The van der Waals surface area contributed by atoms with E-state index in [1.54, 1.807) is 39.3 Å². The van der Waals surface area contributed by atoms with Crippen molar-refractivity contribution in [3.8, 4) is 11.5 Å². The van der Waals surface area contributed by atoms with Crippen LogP contribution in [0, 0.1) is 6.92 Å². The van der Waals surface area contributed by atoms with Crippen LogP contribution in [0.5, 0.6) is 11.5 Å². The molecule has 0 spiro atoms. The fourth-order valence-corrected chi connectivity index (χ4v) is 1.80. The summed E-state index contributed by atoms with van der Waals surface area (Å²) in [5.74, 6) is 1.98. The number of aryl methyl sites for hydroxylation is 1. The largest absolute Gasteiger partial charge is 0.497 e.